The van der Waals surface area contributed by atoms with Crippen molar-refractivity contribution in [3.63, 3.8) is 0 Å². The molecule has 1 aliphatic carbocycles. The molecule has 2 amide bonds. The van der Waals surface area contributed by atoms with Crippen molar-refractivity contribution in [1.29, 1.82) is 0 Å². The first kappa shape index (κ1) is 11.7. The lowest BCUT2D eigenvalue weighted by Gasteiger charge is -2.37. The second kappa shape index (κ2) is 5.07. The van der Waals surface area contributed by atoms with E-state index in [1.54, 1.807) is 0 Å². The van der Waals surface area contributed by atoms with E-state index in [0.29, 0.717) is 18.0 Å². The molecule has 92 valence electrons. The average molecular weight is 224 g/mol. The van der Waals surface area contributed by atoms with Gasteiger partial charge in [0.05, 0.1) is 0 Å². The van der Waals surface area contributed by atoms with E-state index in [9.17, 15) is 4.79 Å². The summed E-state index contributed by atoms with van der Waals surface area (Å²) in [5.41, 5.74) is 0. The third-order valence-electron chi connectivity index (χ3n) is 4.06. The van der Waals surface area contributed by atoms with Crippen LogP contribution in [0, 0.1) is 5.92 Å². The van der Waals surface area contributed by atoms with Crippen molar-refractivity contribution in [2.24, 2.45) is 5.92 Å². The van der Waals surface area contributed by atoms with Crippen LogP contribution in [-0.4, -0.2) is 29.6 Å². The van der Waals surface area contributed by atoms with Gasteiger partial charge in [-0.25, -0.2) is 4.79 Å². The Kier molecular flexibility index (Phi) is 3.72. The Labute approximate surface area is 98.6 Å². The van der Waals surface area contributed by atoms with Crippen molar-refractivity contribution < 1.29 is 4.79 Å². The summed E-state index contributed by atoms with van der Waals surface area (Å²) in [6, 6.07) is 1.03. The number of rotatable bonds is 1. The molecule has 2 fully saturated rings. The Bertz CT molecular complexity index is 248. The van der Waals surface area contributed by atoms with Crippen LogP contribution < -0.4 is 5.32 Å². The van der Waals surface area contributed by atoms with Gasteiger partial charge in [-0.3, -0.25) is 0 Å². The van der Waals surface area contributed by atoms with Gasteiger partial charge in [-0.05, 0) is 38.5 Å². The zero-order valence-corrected chi connectivity index (χ0v) is 10.5. The van der Waals surface area contributed by atoms with Crippen molar-refractivity contribution in [1.82, 2.24) is 10.2 Å². The number of nitrogens with zero attached hydrogens (tertiary/aromatic N) is 1. The predicted octanol–water partition coefficient (Wildman–Crippen LogP) is 2.76. The van der Waals surface area contributed by atoms with E-state index in [1.807, 2.05) is 4.90 Å². The SMILES string of the molecule is CC1CCC(C)N(C(=O)NC2CCCC2)C1. The molecule has 0 aromatic rings. The molecule has 2 aliphatic rings. The summed E-state index contributed by atoms with van der Waals surface area (Å²) in [5, 5.41) is 3.19. The standard InChI is InChI=1S/C13H24N2O/c1-10-7-8-11(2)15(9-10)13(16)14-12-5-3-4-6-12/h10-12H,3-9H2,1-2H3,(H,14,16). The van der Waals surface area contributed by atoms with Gasteiger partial charge in [0.1, 0.15) is 0 Å². The third-order valence-corrected chi connectivity index (χ3v) is 4.06. The summed E-state index contributed by atoms with van der Waals surface area (Å²) >= 11 is 0. The summed E-state index contributed by atoms with van der Waals surface area (Å²) in [6.45, 7) is 5.33. The highest BCUT2D eigenvalue weighted by Gasteiger charge is 2.28. The van der Waals surface area contributed by atoms with Crippen LogP contribution in [0.2, 0.25) is 0 Å². The van der Waals surface area contributed by atoms with Crippen molar-refractivity contribution in [3.8, 4) is 0 Å². The number of hydrogen-bond acceptors (Lipinski definition) is 1. The Balaban J connectivity index is 1.86. The zero-order chi connectivity index (χ0) is 11.5. The summed E-state index contributed by atoms with van der Waals surface area (Å²) in [4.78, 5) is 14.2. The van der Waals surface area contributed by atoms with Crippen molar-refractivity contribution in [2.75, 3.05) is 6.54 Å². The van der Waals surface area contributed by atoms with E-state index in [2.05, 4.69) is 19.2 Å². The molecule has 0 radical (unpaired) electrons. The van der Waals surface area contributed by atoms with Crippen LogP contribution in [0.5, 0.6) is 0 Å². The number of amides is 2. The minimum Gasteiger partial charge on any atom is -0.335 e. The fourth-order valence-electron chi connectivity index (χ4n) is 2.90. The van der Waals surface area contributed by atoms with Crippen LogP contribution in [0.3, 0.4) is 0 Å². The molecule has 1 saturated carbocycles. The molecule has 16 heavy (non-hydrogen) atoms. The molecule has 0 bridgehead atoms. The third kappa shape index (κ3) is 2.69. The number of hydrogen-bond donors (Lipinski definition) is 1. The van der Waals surface area contributed by atoms with E-state index in [-0.39, 0.29) is 6.03 Å². The van der Waals surface area contributed by atoms with Gasteiger partial charge in [-0.2, -0.15) is 0 Å². The Morgan fingerprint density at radius 1 is 1.12 bits per heavy atom. The Morgan fingerprint density at radius 3 is 2.50 bits per heavy atom. The lowest BCUT2D eigenvalue weighted by Crippen LogP contribution is -2.51. The van der Waals surface area contributed by atoms with Gasteiger partial charge in [0.25, 0.3) is 0 Å². The summed E-state index contributed by atoms with van der Waals surface area (Å²) in [7, 11) is 0. The molecule has 3 nitrogen and oxygen atoms in total. The molecule has 2 rings (SSSR count). The second-order valence-corrected chi connectivity index (χ2v) is 5.61. The van der Waals surface area contributed by atoms with Gasteiger partial charge >= 0.3 is 6.03 Å². The molecule has 0 spiro atoms. The second-order valence-electron chi connectivity index (χ2n) is 5.61. The van der Waals surface area contributed by atoms with E-state index in [1.165, 1.54) is 32.1 Å². The van der Waals surface area contributed by atoms with Gasteiger partial charge < -0.3 is 10.2 Å². The first-order valence-corrected chi connectivity index (χ1v) is 6.74. The monoisotopic (exact) mass is 224 g/mol. The van der Waals surface area contributed by atoms with Crippen molar-refractivity contribution >= 4 is 6.03 Å². The van der Waals surface area contributed by atoms with Gasteiger partial charge in [0, 0.05) is 18.6 Å². The highest BCUT2D eigenvalue weighted by molar-refractivity contribution is 5.75. The van der Waals surface area contributed by atoms with Gasteiger partial charge in [-0.1, -0.05) is 19.8 Å². The van der Waals surface area contributed by atoms with Gasteiger partial charge in [0.15, 0.2) is 0 Å². The molecular weight excluding hydrogens is 200 g/mol. The highest BCUT2D eigenvalue weighted by atomic mass is 16.2. The lowest BCUT2D eigenvalue weighted by molar-refractivity contribution is 0.134. The minimum absolute atomic E-state index is 0.172. The van der Waals surface area contributed by atoms with Crippen LogP contribution in [-0.2, 0) is 0 Å². The zero-order valence-electron chi connectivity index (χ0n) is 10.5. The predicted molar refractivity (Wildman–Crippen MR) is 65.4 cm³/mol. The molecule has 0 aromatic heterocycles. The van der Waals surface area contributed by atoms with Crippen LogP contribution in [0.4, 0.5) is 4.79 Å². The topological polar surface area (TPSA) is 32.3 Å². The summed E-state index contributed by atoms with van der Waals surface area (Å²) < 4.78 is 0. The number of carbonyl (C=O) groups excluding carboxylic acids is 1. The average Bonchev–Trinajstić information content (AvgIpc) is 2.74. The first-order valence-electron chi connectivity index (χ1n) is 6.74. The van der Waals surface area contributed by atoms with Crippen LogP contribution in [0.1, 0.15) is 52.4 Å². The van der Waals surface area contributed by atoms with E-state index >= 15 is 0 Å². The lowest BCUT2D eigenvalue weighted by atomic mass is 9.95. The Hall–Kier alpha value is -0.730. The smallest absolute Gasteiger partial charge is 0.317 e. The molecular formula is C13H24N2O. The van der Waals surface area contributed by atoms with E-state index < -0.39 is 0 Å². The van der Waals surface area contributed by atoms with Crippen LogP contribution >= 0.6 is 0 Å². The number of carbonyl (C=O) groups is 1. The Morgan fingerprint density at radius 2 is 1.81 bits per heavy atom. The number of piperidine rings is 1. The van der Waals surface area contributed by atoms with E-state index in [4.69, 9.17) is 0 Å². The fraction of sp³-hybridized carbons (Fsp3) is 0.923. The fourth-order valence-corrected chi connectivity index (χ4v) is 2.90. The summed E-state index contributed by atoms with van der Waals surface area (Å²) in [5.74, 6) is 0.658. The number of urea groups is 1. The molecule has 1 N–H and O–H groups in total. The van der Waals surface area contributed by atoms with Crippen LogP contribution in [0.15, 0.2) is 0 Å². The number of nitrogens with one attached hydrogen (secondary N) is 1. The maximum Gasteiger partial charge on any atom is 0.317 e. The largest absolute Gasteiger partial charge is 0.335 e. The first-order chi connectivity index (χ1) is 7.66. The van der Waals surface area contributed by atoms with Gasteiger partial charge in [-0.15, -0.1) is 0 Å². The van der Waals surface area contributed by atoms with E-state index in [0.717, 1.165) is 13.0 Å². The molecule has 3 heteroatoms. The molecule has 0 aromatic carbocycles. The molecule has 1 aliphatic heterocycles. The molecule has 2 atom stereocenters. The maximum atomic E-state index is 12.1. The van der Waals surface area contributed by atoms with Gasteiger partial charge in [0.2, 0.25) is 0 Å². The summed E-state index contributed by atoms with van der Waals surface area (Å²) in [6.07, 6.45) is 7.30. The normalized spacial score (nSPS) is 31.8. The maximum absolute atomic E-state index is 12.1. The van der Waals surface area contributed by atoms with Crippen molar-refractivity contribution in [3.05, 3.63) is 0 Å². The molecule has 2 unspecified atom stereocenters. The molecule has 1 heterocycles. The number of likely N-dealkylation sites (tertiary alicyclic amines) is 1. The van der Waals surface area contributed by atoms with Crippen LogP contribution in [0.25, 0.3) is 0 Å². The quantitative estimate of drug-likeness (QED) is 0.730. The molecule has 1 saturated heterocycles. The highest BCUT2D eigenvalue weighted by Crippen LogP contribution is 2.23. The van der Waals surface area contributed by atoms with Crippen molar-refractivity contribution in [2.45, 2.75) is 64.5 Å². The minimum atomic E-state index is 0.172.